The molecule has 110 valence electrons. The van der Waals surface area contributed by atoms with Crippen molar-refractivity contribution in [3.63, 3.8) is 0 Å². The highest BCUT2D eigenvalue weighted by Crippen LogP contribution is 2.27. The van der Waals surface area contributed by atoms with E-state index in [-0.39, 0.29) is 11.4 Å². The first-order chi connectivity index (χ1) is 9.60. The number of rotatable bonds is 5. The number of carbonyl (C=O) groups is 1. The van der Waals surface area contributed by atoms with E-state index >= 15 is 0 Å². The van der Waals surface area contributed by atoms with Crippen LogP contribution in [0.25, 0.3) is 0 Å². The molecule has 0 unspecified atom stereocenters. The number of amides is 1. The van der Waals surface area contributed by atoms with E-state index < -0.39 is 5.91 Å². The Morgan fingerprint density at radius 2 is 2.10 bits per heavy atom. The normalized spacial score (nSPS) is 22.7. The van der Waals surface area contributed by atoms with Gasteiger partial charge in [0.25, 0.3) is 0 Å². The van der Waals surface area contributed by atoms with Crippen LogP contribution in [-0.2, 0) is 6.54 Å². The molecule has 0 atom stereocenters. The van der Waals surface area contributed by atoms with Crippen molar-refractivity contribution in [3.8, 4) is 0 Å². The lowest BCUT2D eigenvalue weighted by molar-refractivity contribution is 0.1000. The van der Waals surface area contributed by atoms with Gasteiger partial charge in [-0.2, -0.15) is 11.8 Å². The summed E-state index contributed by atoms with van der Waals surface area (Å²) in [5, 5.41) is 4.18. The minimum absolute atomic E-state index is 0.215. The van der Waals surface area contributed by atoms with E-state index in [2.05, 4.69) is 11.6 Å². The van der Waals surface area contributed by atoms with E-state index in [1.807, 2.05) is 11.8 Å². The lowest BCUT2D eigenvalue weighted by Crippen LogP contribution is -2.33. The van der Waals surface area contributed by atoms with Crippen molar-refractivity contribution < 1.29 is 9.18 Å². The third kappa shape index (κ3) is 3.96. The SMILES string of the molecule is CSC1CCC(NCc2ccc(C(N)=O)cc2F)CC1. The van der Waals surface area contributed by atoms with Gasteiger partial charge >= 0.3 is 0 Å². The van der Waals surface area contributed by atoms with Gasteiger partial charge in [-0.15, -0.1) is 0 Å². The quantitative estimate of drug-likeness (QED) is 0.878. The topological polar surface area (TPSA) is 55.1 Å². The van der Waals surface area contributed by atoms with Gasteiger partial charge in [0, 0.05) is 29.0 Å². The summed E-state index contributed by atoms with van der Waals surface area (Å²) in [4.78, 5) is 11.0. The predicted molar refractivity (Wildman–Crippen MR) is 81.3 cm³/mol. The number of halogens is 1. The zero-order valence-electron chi connectivity index (χ0n) is 11.7. The second kappa shape index (κ2) is 7.09. The molecular formula is C15H21FN2OS. The fourth-order valence-electron chi connectivity index (χ4n) is 2.60. The zero-order valence-corrected chi connectivity index (χ0v) is 12.5. The van der Waals surface area contributed by atoms with E-state index in [1.165, 1.54) is 18.9 Å². The summed E-state index contributed by atoms with van der Waals surface area (Å²) in [7, 11) is 0. The van der Waals surface area contributed by atoms with Crippen LogP contribution in [0, 0.1) is 5.82 Å². The van der Waals surface area contributed by atoms with Gasteiger partial charge in [0.2, 0.25) is 5.91 Å². The van der Waals surface area contributed by atoms with Crippen LogP contribution in [0.15, 0.2) is 18.2 Å². The zero-order chi connectivity index (χ0) is 14.5. The van der Waals surface area contributed by atoms with Crippen molar-refractivity contribution in [3.05, 3.63) is 35.1 Å². The number of benzene rings is 1. The smallest absolute Gasteiger partial charge is 0.248 e. The highest BCUT2D eigenvalue weighted by Gasteiger charge is 2.20. The van der Waals surface area contributed by atoms with Crippen LogP contribution >= 0.6 is 11.8 Å². The Kier molecular flexibility index (Phi) is 5.43. The average molecular weight is 296 g/mol. The molecule has 2 rings (SSSR count). The molecule has 5 heteroatoms. The Bertz CT molecular complexity index is 473. The van der Waals surface area contributed by atoms with Crippen LogP contribution in [0.5, 0.6) is 0 Å². The third-order valence-corrected chi connectivity index (χ3v) is 5.06. The van der Waals surface area contributed by atoms with Gasteiger partial charge in [-0.05, 0) is 44.1 Å². The maximum atomic E-state index is 13.8. The Labute approximate surface area is 123 Å². The monoisotopic (exact) mass is 296 g/mol. The molecule has 1 aromatic rings. The van der Waals surface area contributed by atoms with E-state index in [1.54, 1.807) is 12.1 Å². The fraction of sp³-hybridized carbons (Fsp3) is 0.533. The van der Waals surface area contributed by atoms with Crippen LogP contribution < -0.4 is 11.1 Å². The van der Waals surface area contributed by atoms with Crippen LogP contribution in [0.1, 0.15) is 41.6 Å². The van der Waals surface area contributed by atoms with E-state index in [9.17, 15) is 9.18 Å². The molecular weight excluding hydrogens is 275 g/mol. The van der Waals surface area contributed by atoms with Crippen molar-refractivity contribution in [2.24, 2.45) is 5.73 Å². The summed E-state index contributed by atoms with van der Waals surface area (Å²) < 4.78 is 13.8. The van der Waals surface area contributed by atoms with Gasteiger partial charge in [0.15, 0.2) is 0 Å². The van der Waals surface area contributed by atoms with Crippen molar-refractivity contribution in [1.29, 1.82) is 0 Å². The van der Waals surface area contributed by atoms with Crippen molar-refractivity contribution in [1.82, 2.24) is 5.32 Å². The van der Waals surface area contributed by atoms with Gasteiger partial charge in [0.05, 0.1) is 0 Å². The van der Waals surface area contributed by atoms with Crippen molar-refractivity contribution in [2.45, 2.75) is 43.5 Å². The molecule has 0 spiro atoms. The molecule has 0 saturated heterocycles. The maximum absolute atomic E-state index is 13.8. The van der Waals surface area contributed by atoms with Gasteiger partial charge < -0.3 is 11.1 Å². The summed E-state index contributed by atoms with van der Waals surface area (Å²) >= 11 is 1.94. The van der Waals surface area contributed by atoms with Gasteiger partial charge in [-0.1, -0.05) is 6.07 Å². The second-order valence-corrected chi connectivity index (χ2v) is 6.40. The Balaban J connectivity index is 1.87. The van der Waals surface area contributed by atoms with E-state index in [0.29, 0.717) is 18.2 Å². The maximum Gasteiger partial charge on any atom is 0.248 e. The first-order valence-corrected chi connectivity index (χ1v) is 8.23. The Morgan fingerprint density at radius 3 is 2.65 bits per heavy atom. The molecule has 3 nitrogen and oxygen atoms in total. The summed E-state index contributed by atoms with van der Waals surface area (Å²) in [6, 6.07) is 4.89. The summed E-state index contributed by atoms with van der Waals surface area (Å²) in [6.45, 7) is 0.499. The number of thioether (sulfide) groups is 1. The number of nitrogens with one attached hydrogen (secondary N) is 1. The first-order valence-electron chi connectivity index (χ1n) is 6.94. The Hall–Kier alpha value is -1.07. The molecule has 3 N–H and O–H groups in total. The predicted octanol–water partition coefficient (Wildman–Crippen LogP) is 2.69. The standard InChI is InChI=1S/C15H21FN2OS/c1-20-13-6-4-12(5-7-13)18-9-11-3-2-10(15(17)19)8-14(11)16/h2-3,8,12-13,18H,4-7,9H2,1H3,(H2,17,19). The summed E-state index contributed by atoms with van der Waals surface area (Å²) in [6.07, 6.45) is 6.90. The van der Waals surface area contributed by atoms with Crippen LogP contribution in [0.4, 0.5) is 4.39 Å². The summed E-state index contributed by atoms with van der Waals surface area (Å²) in [5.41, 5.74) is 5.93. The minimum atomic E-state index is -0.598. The number of hydrogen-bond acceptors (Lipinski definition) is 3. The van der Waals surface area contributed by atoms with Crippen molar-refractivity contribution >= 4 is 17.7 Å². The molecule has 1 aliphatic rings. The highest BCUT2D eigenvalue weighted by molar-refractivity contribution is 7.99. The molecule has 20 heavy (non-hydrogen) atoms. The lowest BCUT2D eigenvalue weighted by atomic mass is 9.95. The number of primary amides is 1. The molecule has 0 radical (unpaired) electrons. The highest BCUT2D eigenvalue weighted by atomic mass is 32.2. The molecule has 1 amide bonds. The molecule has 1 aromatic carbocycles. The first kappa shape index (κ1) is 15.3. The minimum Gasteiger partial charge on any atom is -0.366 e. The van der Waals surface area contributed by atoms with Crippen molar-refractivity contribution in [2.75, 3.05) is 6.26 Å². The third-order valence-electron chi connectivity index (χ3n) is 3.93. The van der Waals surface area contributed by atoms with Gasteiger partial charge in [0.1, 0.15) is 5.82 Å². The fourth-order valence-corrected chi connectivity index (χ4v) is 3.34. The van der Waals surface area contributed by atoms with Crippen LogP contribution in [-0.4, -0.2) is 23.5 Å². The van der Waals surface area contributed by atoms with Crippen LogP contribution in [0.2, 0.25) is 0 Å². The lowest BCUT2D eigenvalue weighted by Gasteiger charge is -2.28. The largest absolute Gasteiger partial charge is 0.366 e. The number of carbonyl (C=O) groups excluding carboxylic acids is 1. The Morgan fingerprint density at radius 1 is 1.40 bits per heavy atom. The number of nitrogens with two attached hydrogens (primary N) is 1. The molecule has 0 aliphatic heterocycles. The molecule has 0 aromatic heterocycles. The van der Waals surface area contributed by atoms with E-state index in [4.69, 9.17) is 5.73 Å². The molecule has 0 heterocycles. The average Bonchev–Trinajstić information content (AvgIpc) is 2.46. The molecule has 1 saturated carbocycles. The van der Waals surface area contributed by atoms with E-state index in [0.717, 1.165) is 18.1 Å². The number of hydrogen-bond donors (Lipinski definition) is 2. The second-order valence-electron chi connectivity index (χ2n) is 5.26. The van der Waals surface area contributed by atoms with Gasteiger partial charge in [-0.25, -0.2) is 4.39 Å². The van der Waals surface area contributed by atoms with Gasteiger partial charge in [-0.3, -0.25) is 4.79 Å². The van der Waals surface area contributed by atoms with Crippen LogP contribution in [0.3, 0.4) is 0 Å². The summed E-state index contributed by atoms with van der Waals surface area (Å²) in [5.74, 6) is -0.967. The molecule has 0 bridgehead atoms. The molecule has 1 aliphatic carbocycles. The molecule has 1 fully saturated rings.